The van der Waals surface area contributed by atoms with E-state index in [0.29, 0.717) is 12.7 Å². The average molecular weight is 265 g/mol. The zero-order chi connectivity index (χ0) is 12.8. The van der Waals surface area contributed by atoms with Gasteiger partial charge in [-0.1, -0.05) is 4.55 Å². The van der Waals surface area contributed by atoms with Crippen molar-refractivity contribution in [3.05, 3.63) is 21.9 Å². The number of rotatable bonds is 2. The Morgan fingerprint density at radius 3 is 2.25 bits per heavy atom. The highest BCUT2D eigenvalue weighted by atomic mass is 32.2. The first-order chi connectivity index (χ1) is 7.22. The van der Waals surface area contributed by atoms with Gasteiger partial charge in [0.25, 0.3) is 10.1 Å². The zero-order valence-electron chi connectivity index (χ0n) is 9.22. The summed E-state index contributed by atoms with van der Waals surface area (Å²) in [6, 6.07) is 3.96. The van der Waals surface area contributed by atoms with E-state index in [4.69, 9.17) is 13.0 Å². The molecule has 0 aliphatic heterocycles. The molecule has 0 atom stereocenters. The number of carbonyl (C=O) groups excluding carboxylic acids is 1. The molecule has 0 aliphatic rings. The molecular weight excluding hydrogens is 252 g/mol. The van der Waals surface area contributed by atoms with Gasteiger partial charge in [-0.2, -0.15) is 8.42 Å². The summed E-state index contributed by atoms with van der Waals surface area (Å²) in [5.74, 6) is -0.174. The molecular formula is C9H13O5S2. The molecule has 0 aliphatic carbocycles. The Balaban J connectivity index is 0.000000385. The average Bonchev–Trinajstić information content (AvgIpc) is 2.48. The largest absolute Gasteiger partial charge is 0.469 e. The normalized spacial score (nSPS) is 10.2. The minimum absolute atomic E-state index is 0.174. The van der Waals surface area contributed by atoms with Gasteiger partial charge in [0.15, 0.2) is 0 Å². The predicted molar refractivity (Wildman–Crippen MR) is 60.3 cm³/mol. The van der Waals surface area contributed by atoms with E-state index >= 15 is 0 Å². The maximum absolute atomic E-state index is 10.8. The van der Waals surface area contributed by atoms with Crippen molar-refractivity contribution in [3.8, 4) is 0 Å². The van der Waals surface area contributed by atoms with Gasteiger partial charge in [0, 0.05) is 9.75 Å². The molecule has 1 aromatic rings. The van der Waals surface area contributed by atoms with Crippen LogP contribution in [0.1, 0.15) is 9.75 Å². The minimum atomic E-state index is -3.92. The second-order valence-electron chi connectivity index (χ2n) is 2.97. The monoisotopic (exact) mass is 265 g/mol. The summed E-state index contributed by atoms with van der Waals surface area (Å²) in [6.45, 7) is 2.02. The number of aryl methyl sites for hydroxylation is 1. The molecule has 0 saturated heterocycles. The van der Waals surface area contributed by atoms with E-state index < -0.39 is 10.1 Å². The molecule has 7 heteroatoms. The van der Waals surface area contributed by atoms with Crippen LogP contribution in [-0.2, 0) is 30.6 Å². The number of hydrogen-bond acceptors (Lipinski definition) is 5. The van der Waals surface area contributed by atoms with Gasteiger partial charge in [-0.05, 0) is 19.1 Å². The molecule has 1 radical (unpaired) electrons. The van der Waals surface area contributed by atoms with E-state index in [0.717, 1.165) is 4.88 Å². The second kappa shape index (κ2) is 6.62. The molecule has 0 fully saturated rings. The van der Waals surface area contributed by atoms with Crippen molar-refractivity contribution in [1.29, 1.82) is 0 Å². The number of thiophene rings is 1. The van der Waals surface area contributed by atoms with Gasteiger partial charge in [-0.15, -0.1) is 11.3 Å². The van der Waals surface area contributed by atoms with Crippen LogP contribution in [0.15, 0.2) is 12.1 Å². The van der Waals surface area contributed by atoms with E-state index in [-0.39, 0.29) is 5.97 Å². The van der Waals surface area contributed by atoms with E-state index in [9.17, 15) is 4.79 Å². The summed E-state index contributed by atoms with van der Waals surface area (Å²) in [6.07, 6.45) is 1.00. The Morgan fingerprint density at radius 2 is 1.94 bits per heavy atom. The van der Waals surface area contributed by atoms with Gasteiger partial charge in [-0.3, -0.25) is 4.79 Å². The molecule has 0 unspecified atom stereocenters. The molecule has 0 amide bonds. The summed E-state index contributed by atoms with van der Waals surface area (Å²) >= 11 is 1.63. The van der Waals surface area contributed by atoms with Crippen LogP contribution < -0.4 is 0 Å². The van der Waals surface area contributed by atoms with Crippen LogP contribution in [0.2, 0.25) is 0 Å². The molecule has 16 heavy (non-hydrogen) atoms. The Labute approximate surface area is 98.8 Å². The topological polar surface area (TPSA) is 80.3 Å². The fourth-order valence-corrected chi connectivity index (χ4v) is 1.67. The lowest BCUT2D eigenvalue weighted by Crippen LogP contribution is -2.02. The highest BCUT2D eigenvalue weighted by molar-refractivity contribution is 7.84. The van der Waals surface area contributed by atoms with Crippen LogP contribution in [-0.4, -0.2) is 27.8 Å². The van der Waals surface area contributed by atoms with Gasteiger partial charge < -0.3 is 4.74 Å². The highest BCUT2D eigenvalue weighted by Gasteiger charge is 2.03. The van der Waals surface area contributed by atoms with E-state index in [2.05, 4.69) is 4.74 Å². The van der Waals surface area contributed by atoms with E-state index in [1.165, 1.54) is 12.0 Å². The number of carbonyl (C=O) groups is 1. The minimum Gasteiger partial charge on any atom is -0.469 e. The molecule has 1 rings (SSSR count). The van der Waals surface area contributed by atoms with Crippen molar-refractivity contribution in [3.63, 3.8) is 0 Å². The first-order valence-corrected chi connectivity index (χ1v) is 6.88. The zero-order valence-corrected chi connectivity index (χ0v) is 10.9. The van der Waals surface area contributed by atoms with Gasteiger partial charge in [0.1, 0.15) is 0 Å². The lowest BCUT2D eigenvalue weighted by atomic mass is 10.3. The molecule has 0 N–H and O–H groups in total. The first-order valence-electron chi connectivity index (χ1n) is 4.25. The van der Waals surface area contributed by atoms with Crippen molar-refractivity contribution < 1.29 is 22.5 Å². The van der Waals surface area contributed by atoms with Crippen LogP contribution in [0.3, 0.4) is 0 Å². The van der Waals surface area contributed by atoms with Gasteiger partial charge >= 0.3 is 5.97 Å². The Bertz CT molecular complexity index is 425. The molecule has 5 nitrogen and oxygen atoms in total. The van der Waals surface area contributed by atoms with Gasteiger partial charge in [0.2, 0.25) is 0 Å². The Hall–Kier alpha value is -0.920. The molecule has 0 aromatic carbocycles. The summed E-state index contributed by atoms with van der Waals surface area (Å²) in [5, 5.41) is 0. The van der Waals surface area contributed by atoms with Gasteiger partial charge in [0.05, 0.1) is 19.8 Å². The van der Waals surface area contributed by atoms with Crippen molar-refractivity contribution in [2.75, 3.05) is 13.4 Å². The van der Waals surface area contributed by atoms with E-state index in [1.54, 1.807) is 11.3 Å². The molecule has 0 spiro atoms. The number of ether oxygens (including phenoxy) is 1. The fraction of sp³-hybridized carbons (Fsp3) is 0.444. The van der Waals surface area contributed by atoms with Crippen LogP contribution in [0, 0.1) is 6.92 Å². The molecule has 1 aromatic heterocycles. The maximum atomic E-state index is 10.8. The summed E-state index contributed by atoms with van der Waals surface area (Å²) in [5.41, 5.74) is 0. The molecule has 1 heterocycles. The third-order valence-corrected chi connectivity index (χ3v) is 2.34. The van der Waals surface area contributed by atoms with Crippen molar-refractivity contribution in [1.82, 2.24) is 0 Å². The Kier molecular flexibility index (Phi) is 6.24. The van der Waals surface area contributed by atoms with E-state index in [1.807, 2.05) is 19.1 Å². The van der Waals surface area contributed by atoms with Crippen LogP contribution in [0.5, 0.6) is 0 Å². The lowest BCUT2D eigenvalue weighted by Gasteiger charge is -1.93. The summed E-state index contributed by atoms with van der Waals surface area (Å²) < 4.78 is 31.8. The lowest BCUT2D eigenvalue weighted by molar-refractivity contribution is -0.139. The highest BCUT2D eigenvalue weighted by Crippen LogP contribution is 2.15. The standard InChI is InChI=1S/C8H10O2S.CH3O3S/c1-6-3-4-7(11-6)5-8(9)10-2;1-5(2,3)4/h3-4H,5H2,1-2H3;1H3. The van der Waals surface area contributed by atoms with Crippen LogP contribution >= 0.6 is 11.3 Å². The maximum Gasteiger partial charge on any atom is 0.310 e. The van der Waals surface area contributed by atoms with Gasteiger partial charge in [-0.25, -0.2) is 0 Å². The third kappa shape index (κ3) is 9.63. The number of esters is 1. The second-order valence-corrected chi connectivity index (χ2v) is 5.75. The number of hydrogen-bond donors (Lipinski definition) is 0. The summed E-state index contributed by atoms with van der Waals surface area (Å²) in [4.78, 5) is 13.1. The molecule has 0 saturated carbocycles. The van der Waals surface area contributed by atoms with Crippen molar-refractivity contribution in [2.24, 2.45) is 0 Å². The van der Waals surface area contributed by atoms with Crippen molar-refractivity contribution in [2.45, 2.75) is 13.3 Å². The SMILES string of the molecule is COC(=O)Cc1ccc(C)s1.CS([O])(=O)=O. The molecule has 0 bridgehead atoms. The fourth-order valence-electron chi connectivity index (χ4n) is 0.795. The third-order valence-electron chi connectivity index (χ3n) is 1.34. The first kappa shape index (κ1) is 15.1. The van der Waals surface area contributed by atoms with Crippen LogP contribution in [0.4, 0.5) is 0 Å². The summed E-state index contributed by atoms with van der Waals surface area (Å²) in [7, 11) is -2.51. The Morgan fingerprint density at radius 1 is 1.44 bits per heavy atom. The number of methoxy groups -OCH3 is 1. The predicted octanol–water partition coefficient (Wildman–Crippen LogP) is 1.15. The smallest absolute Gasteiger partial charge is 0.310 e. The quantitative estimate of drug-likeness (QED) is 0.751. The van der Waals surface area contributed by atoms with Crippen molar-refractivity contribution >= 4 is 27.4 Å². The molecule has 91 valence electrons. The van der Waals surface area contributed by atoms with Crippen LogP contribution in [0.25, 0.3) is 0 Å².